The third-order valence-electron chi connectivity index (χ3n) is 6.16. The number of nitrogens with one attached hydrogen (secondary N) is 1. The fourth-order valence-corrected chi connectivity index (χ4v) is 4.87. The fraction of sp³-hybridized carbons (Fsp3) is 0.409. The summed E-state index contributed by atoms with van der Waals surface area (Å²) in [5.41, 5.74) is 2.37. The van der Waals surface area contributed by atoms with E-state index in [1.54, 1.807) is 31.0 Å². The summed E-state index contributed by atoms with van der Waals surface area (Å²) >= 11 is 0. The Balaban J connectivity index is 1.32. The van der Waals surface area contributed by atoms with Gasteiger partial charge in [-0.25, -0.2) is 15.0 Å². The summed E-state index contributed by atoms with van der Waals surface area (Å²) in [7, 11) is 0. The summed E-state index contributed by atoms with van der Waals surface area (Å²) in [4.78, 5) is 13.0. The number of nitrogens with zero attached hydrogens (tertiary/aromatic N) is 4. The molecule has 0 saturated carbocycles. The summed E-state index contributed by atoms with van der Waals surface area (Å²) in [5, 5.41) is 14.2. The van der Waals surface area contributed by atoms with E-state index >= 15 is 0 Å². The van der Waals surface area contributed by atoms with Crippen LogP contribution in [0.15, 0.2) is 49.3 Å². The highest BCUT2D eigenvalue weighted by atomic mass is 16.5. The first kappa shape index (κ1) is 18.1. The number of imidazole rings is 1. The van der Waals surface area contributed by atoms with Crippen LogP contribution in [0.1, 0.15) is 39.5 Å². The number of piperidine rings is 1. The number of rotatable bonds is 4. The van der Waals surface area contributed by atoms with Crippen LogP contribution in [0.5, 0.6) is 11.6 Å². The number of aromatic nitrogens is 4. The molecule has 7 nitrogen and oxygen atoms in total. The zero-order chi connectivity index (χ0) is 20.1. The van der Waals surface area contributed by atoms with E-state index in [-0.39, 0.29) is 22.9 Å². The summed E-state index contributed by atoms with van der Waals surface area (Å²) in [6, 6.07) is 5.44. The van der Waals surface area contributed by atoms with E-state index in [2.05, 4.69) is 34.1 Å². The maximum absolute atomic E-state index is 10.5. The first-order valence-corrected chi connectivity index (χ1v) is 10.0. The summed E-state index contributed by atoms with van der Waals surface area (Å²) < 4.78 is 8.00. The van der Waals surface area contributed by atoms with Crippen LogP contribution in [-0.4, -0.2) is 41.8 Å². The molecule has 2 bridgehead atoms. The second-order valence-electron chi connectivity index (χ2n) is 8.81. The molecule has 150 valence electrons. The van der Waals surface area contributed by atoms with Crippen molar-refractivity contribution in [3.63, 3.8) is 0 Å². The van der Waals surface area contributed by atoms with Gasteiger partial charge in [0, 0.05) is 47.9 Å². The zero-order valence-electron chi connectivity index (χ0n) is 16.7. The van der Waals surface area contributed by atoms with Crippen molar-refractivity contribution >= 4 is 0 Å². The minimum atomic E-state index is 0.136. The van der Waals surface area contributed by atoms with E-state index < -0.39 is 0 Å². The SMILES string of the molecule is CC12CCC(C)(CC(Oc3cnc(-c4ccc(-n5ccnc5)cc4O)cn3)C1)N2. The number of ether oxygens (including phenoxy) is 1. The number of phenols is 1. The molecule has 5 rings (SSSR count). The van der Waals surface area contributed by atoms with E-state index in [1.807, 2.05) is 22.9 Å². The molecule has 4 heterocycles. The number of phenolic OH excluding ortho intramolecular Hbond substituents is 1. The van der Waals surface area contributed by atoms with E-state index in [4.69, 9.17) is 4.74 Å². The van der Waals surface area contributed by atoms with Crippen LogP contribution in [0, 0.1) is 0 Å². The fourth-order valence-electron chi connectivity index (χ4n) is 4.87. The predicted octanol–water partition coefficient (Wildman–Crippen LogP) is 3.48. The molecule has 7 heteroatoms. The van der Waals surface area contributed by atoms with Crippen molar-refractivity contribution in [1.29, 1.82) is 0 Å². The lowest BCUT2D eigenvalue weighted by Crippen LogP contribution is -2.56. The summed E-state index contributed by atoms with van der Waals surface area (Å²) in [5.74, 6) is 0.678. The molecule has 0 spiro atoms. The number of fused-ring (bicyclic) bond motifs is 2. The van der Waals surface area contributed by atoms with Crippen molar-refractivity contribution in [2.45, 2.75) is 56.7 Å². The second-order valence-corrected chi connectivity index (χ2v) is 8.81. The van der Waals surface area contributed by atoms with Gasteiger partial charge >= 0.3 is 0 Å². The van der Waals surface area contributed by atoms with Gasteiger partial charge in [0.2, 0.25) is 5.88 Å². The van der Waals surface area contributed by atoms with Crippen LogP contribution < -0.4 is 10.1 Å². The Morgan fingerprint density at radius 2 is 1.93 bits per heavy atom. The number of hydrogen-bond acceptors (Lipinski definition) is 6. The Kier molecular flexibility index (Phi) is 4.10. The second kappa shape index (κ2) is 6.56. The van der Waals surface area contributed by atoms with E-state index in [9.17, 15) is 5.11 Å². The van der Waals surface area contributed by atoms with Gasteiger partial charge in [0.05, 0.1) is 30.1 Å². The Labute approximate surface area is 169 Å². The van der Waals surface area contributed by atoms with Crippen LogP contribution in [0.2, 0.25) is 0 Å². The van der Waals surface area contributed by atoms with Crippen LogP contribution in [0.3, 0.4) is 0 Å². The zero-order valence-corrected chi connectivity index (χ0v) is 16.7. The van der Waals surface area contributed by atoms with Crippen molar-refractivity contribution in [3.05, 3.63) is 49.3 Å². The van der Waals surface area contributed by atoms with Crippen LogP contribution >= 0.6 is 0 Å². The molecule has 0 aliphatic carbocycles. The molecule has 2 aliphatic heterocycles. The first-order valence-electron chi connectivity index (χ1n) is 10.0. The van der Waals surface area contributed by atoms with E-state index in [1.165, 1.54) is 12.8 Å². The average molecular weight is 391 g/mol. The average Bonchev–Trinajstić information content (AvgIpc) is 3.28. The van der Waals surface area contributed by atoms with Gasteiger partial charge in [-0.05, 0) is 38.8 Å². The van der Waals surface area contributed by atoms with Crippen molar-refractivity contribution in [1.82, 2.24) is 24.8 Å². The third-order valence-corrected chi connectivity index (χ3v) is 6.16. The maximum atomic E-state index is 10.5. The third kappa shape index (κ3) is 3.46. The van der Waals surface area contributed by atoms with Gasteiger partial charge in [-0.2, -0.15) is 0 Å². The molecule has 2 fully saturated rings. The minimum absolute atomic E-state index is 0.136. The van der Waals surface area contributed by atoms with Crippen molar-refractivity contribution < 1.29 is 9.84 Å². The Morgan fingerprint density at radius 3 is 2.55 bits per heavy atom. The predicted molar refractivity (Wildman–Crippen MR) is 109 cm³/mol. The van der Waals surface area contributed by atoms with Gasteiger partial charge in [0.25, 0.3) is 0 Å². The van der Waals surface area contributed by atoms with E-state index in [0.717, 1.165) is 18.5 Å². The molecule has 1 aromatic carbocycles. The normalized spacial score (nSPS) is 28.4. The quantitative estimate of drug-likeness (QED) is 0.708. The summed E-state index contributed by atoms with van der Waals surface area (Å²) in [6.07, 6.45) is 13.0. The van der Waals surface area contributed by atoms with E-state index in [0.29, 0.717) is 17.1 Å². The lowest BCUT2D eigenvalue weighted by atomic mass is 9.86. The standard InChI is InChI=1S/C22H25N5O2/c1-21-5-6-22(2,26-21)11-16(10-21)29-20-13-24-18(12-25-20)17-4-3-15(9-19(17)28)27-8-7-23-14-27/h3-4,7-9,12-14,16,26,28H,5-6,10-11H2,1-2H3. The maximum Gasteiger partial charge on any atom is 0.232 e. The van der Waals surface area contributed by atoms with Crippen LogP contribution in [-0.2, 0) is 0 Å². The highest BCUT2D eigenvalue weighted by Crippen LogP contribution is 2.43. The minimum Gasteiger partial charge on any atom is -0.507 e. The van der Waals surface area contributed by atoms with Gasteiger partial charge in [0.1, 0.15) is 11.9 Å². The largest absolute Gasteiger partial charge is 0.507 e. The molecule has 2 saturated heterocycles. The molecule has 2 N–H and O–H groups in total. The highest BCUT2D eigenvalue weighted by molar-refractivity contribution is 5.68. The van der Waals surface area contributed by atoms with Gasteiger partial charge < -0.3 is 19.7 Å². The molecule has 3 aromatic rings. The highest BCUT2D eigenvalue weighted by Gasteiger charge is 2.49. The van der Waals surface area contributed by atoms with Crippen LogP contribution in [0.4, 0.5) is 0 Å². The number of benzene rings is 1. The number of aromatic hydroxyl groups is 1. The Hall–Kier alpha value is -2.93. The molecule has 2 unspecified atom stereocenters. The smallest absolute Gasteiger partial charge is 0.232 e. The molecule has 0 amide bonds. The summed E-state index contributed by atoms with van der Waals surface area (Å²) in [6.45, 7) is 4.55. The molecule has 29 heavy (non-hydrogen) atoms. The van der Waals surface area contributed by atoms with Gasteiger partial charge in [0.15, 0.2) is 0 Å². The molecular weight excluding hydrogens is 366 g/mol. The molecular formula is C22H25N5O2. The van der Waals surface area contributed by atoms with Crippen molar-refractivity contribution in [3.8, 4) is 28.6 Å². The number of hydrogen-bond donors (Lipinski definition) is 2. The Bertz CT molecular complexity index is 1000. The molecule has 2 aromatic heterocycles. The van der Waals surface area contributed by atoms with Crippen LogP contribution in [0.25, 0.3) is 16.9 Å². The first-order chi connectivity index (χ1) is 13.9. The van der Waals surface area contributed by atoms with Gasteiger partial charge in [-0.15, -0.1) is 0 Å². The molecule has 2 aliphatic rings. The topological polar surface area (TPSA) is 85.1 Å². The molecule has 2 atom stereocenters. The lowest BCUT2D eigenvalue weighted by molar-refractivity contribution is 0.0758. The van der Waals surface area contributed by atoms with Gasteiger partial charge in [-0.3, -0.25) is 0 Å². The Morgan fingerprint density at radius 1 is 1.14 bits per heavy atom. The van der Waals surface area contributed by atoms with Crippen molar-refractivity contribution in [2.24, 2.45) is 0 Å². The molecule has 0 radical (unpaired) electrons. The van der Waals surface area contributed by atoms with Gasteiger partial charge in [-0.1, -0.05) is 0 Å². The lowest BCUT2D eigenvalue weighted by Gasteiger charge is -2.41. The van der Waals surface area contributed by atoms with Crippen molar-refractivity contribution in [2.75, 3.05) is 0 Å². The monoisotopic (exact) mass is 391 g/mol.